The van der Waals surface area contributed by atoms with Crippen molar-refractivity contribution < 1.29 is 27.4 Å². The molecule has 0 radical (unpaired) electrons. The van der Waals surface area contributed by atoms with E-state index in [1.165, 1.54) is 12.1 Å². The van der Waals surface area contributed by atoms with Crippen molar-refractivity contribution in [3.63, 3.8) is 0 Å². The molecule has 20 heavy (non-hydrogen) atoms. The van der Waals surface area contributed by atoms with Gasteiger partial charge < -0.3 is 9.47 Å². The Bertz CT molecular complexity index is 477. The summed E-state index contributed by atoms with van der Waals surface area (Å²) >= 11 is 0.529. The Kier molecular flexibility index (Phi) is 4.29. The van der Waals surface area contributed by atoms with E-state index in [2.05, 4.69) is 4.74 Å². The summed E-state index contributed by atoms with van der Waals surface area (Å²) in [5, 5.41) is 0. The number of methoxy groups -OCH3 is 1. The van der Waals surface area contributed by atoms with Gasteiger partial charge >= 0.3 is 12.1 Å². The second-order valence-electron chi connectivity index (χ2n) is 4.23. The molecule has 1 aliphatic heterocycles. The van der Waals surface area contributed by atoms with E-state index in [-0.39, 0.29) is 12.4 Å². The van der Waals surface area contributed by atoms with Crippen LogP contribution in [0.5, 0.6) is 0 Å². The van der Waals surface area contributed by atoms with Crippen LogP contribution in [0.15, 0.2) is 30.3 Å². The lowest BCUT2D eigenvalue weighted by Crippen LogP contribution is -2.57. The number of alkyl halides is 3. The summed E-state index contributed by atoms with van der Waals surface area (Å²) in [6.07, 6.45) is -6.18. The SMILES string of the molecule is COC(=O)[C@@]1(C(F)(F)F)SCCO[C@@H]1c1ccccc1. The van der Waals surface area contributed by atoms with Gasteiger partial charge in [0.1, 0.15) is 6.10 Å². The summed E-state index contributed by atoms with van der Waals surface area (Å²) in [6.45, 7) is 0.152. The van der Waals surface area contributed by atoms with Gasteiger partial charge in [-0.3, -0.25) is 4.79 Å². The van der Waals surface area contributed by atoms with Crippen LogP contribution in [0.25, 0.3) is 0 Å². The third-order valence-electron chi connectivity index (χ3n) is 3.08. The van der Waals surface area contributed by atoms with Crippen molar-refractivity contribution in [1.29, 1.82) is 0 Å². The zero-order valence-corrected chi connectivity index (χ0v) is 11.5. The smallest absolute Gasteiger partial charge is 0.416 e. The molecular formula is C13H13F3O3S. The Morgan fingerprint density at radius 1 is 1.40 bits per heavy atom. The van der Waals surface area contributed by atoms with Crippen LogP contribution in [0.1, 0.15) is 11.7 Å². The highest BCUT2D eigenvalue weighted by atomic mass is 32.2. The van der Waals surface area contributed by atoms with Gasteiger partial charge in [-0.05, 0) is 5.56 Å². The minimum atomic E-state index is -4.77. The molecule has 1 fully saturated rings. The molecule has 0 aromatic heterocycles. The number of rotatable bonds is 2. The topological polar surface area (TPSA) is 35.5 Å². The van der Waals surface area contributed by atoms with Gasteiger partial charge in [0, 0.05) is 5.75 Å². The zero-order chi connectivity index (χ0) is 14.8. The first-order valence-corrected chi connectivity index (χ1v) is 6.87. The van der Waals surface area contributed by atoms with E-state index < -0.39 is 23.0 Å². The largest absolute Gasteiger partial charge is 0.468 e. The highest BCUT2D eigenvalue weighted by Crippen LogP contribution is 2.53. The van der Waals surface area contributed by atoms with Crippen LogP contribution in [0.3, 0.4) is 0 Å². The highest BCUT2D eigenvalue weighted by molar-refractivity contribution is 8.01. The van der Waals surface area contributed by atoms with E-state index in [0.717, 1.165) is 7.11 Å². The summed E-state index contributed by atoms with van der Waals surface area (Å²) in [5.74, 6) is -1.25. The van der Waals surface area contributed by atoms with Crippen LogP contribution < -0.4 is 0 Å². The predicted octanol–water partition coefficient (Wildman–Crippen LogP) is 2.97. The third-order valence-corrected chi connectivity index (χ3v) is 4.52. The van der Waals surface area contributed by atoms with Crippen LogP contribution in [-0.4, -0.2) is 36.4 Å². The molecule has 1 heterocycles. The van der Waals surface area contributed by atoms with Crippen LogP contribution in [0, 0.1) is 0 Å². The van der Waals surface area contributed by atoms with Crippen molar-refractivity contribution in [2.24, 2.45) is 0 Å². The third kappa shape index (κ3) is 2.40. The maximum Gasteiger partial charge on any atom is 0.416 e. The molecule has 2 atom stereocenters. The lowest BCUT2D eigenvalue weighted by molar-refractivity contribution is -0.208. The predicted molar refractivity (Wildman–Crippen MR) is 68.4 cm³/mol. The van der Waals surface area contributed by atoms with E-state index in [1.807, 2.05) is 0 Å². The average Bonchev–Trinajstić information content (AvgIpc) is 2.46. The number of halogens is 3. The van der Waals surface area contributed by atoms with Crippen LogP contribution in [0.2, 0.25) is 0 Å². The van der Waals surface area contributed by atoms with Gasteiger partial charge in [0.05, 0.1) is 13.7 Å². The van der Waals surface area contributed by atoms with Crippen LogP contribution >= 0.6 is 11.8 Å². The van der Waals surface area contributed by atoms with Crippen molar-refractivity contribution >= 4 is 17.7 Å². The van der Waals surface area contributed by atoms with Gasteiger partial charge in [-0.2, -0.15) is 13.2 Å². The molecule has 0 N–H and O–H groups in total. The summed E-state index contributed by atoms with van der Waals surface area (Å²) in [4.78, 5) is 11.9. The minimum Gasteiger partial charge on any atom is -0.468 e. The number of thioether (sulfide) groups is 1. The van der Waals surface area contributed by atoms with Gasteiger partial charge in [-0.15, -0.1) is 11.8 Å². The van der Waals surface area contributed by atoms with Gasteiger partial charge in [-0.1, -0.05) is 30.3 Å². The summed E-state index contributed by atoms with van der Waals surface area (Å²) < 4.78 is 47.7. The molecule has 0 amide bonds. The molecular weight excluding hydrogens is 293 g/mol. The Morgan fingerprint density at radius 2 is 2.05 bits per heavy atom. The first kappa shape index (κ1) is 15.2. The molecule has 110 valence electrons. The standard InChI is InChI=1S/C13H13F3O3S/c1-18-11(17)12(13(14,15)16)10(19-7-8-20-12)9-5-3-2-4-6-9/h2-6,10H,7-8H2,1H3/t10-,12+/m1/s1. The van der Waals surface area contributed by atoms with Crippen molar-refractivity contribution in [2.75, 3.05) is 19.5 Å². The van der Waals surface area contributed by atoms with Crippen molar-refractivity contribution in [2.45, 2.75) is 17.0 Å². The first-order chi connectivity index (χ1) is 9.43. The number of esters is 1. The van der Waals surface area contributed by atoms with Gasteiger partial charge in [0.15, 0.2) is 0 Å². The van der Waals surface area contributed by atoms with Crippen molar-refractivity contribution in [1.82, 2.24) is 0 Å². The molecule has 3 nitrogen and oxygen atoms in total. The molecule has 1 aromatic rings. The molecule has 0 unspecified atom stereocenters. The molecule has 0 saturated carbocycles. The molecule has 0 bridgehead atoms. The quantitative estimate of drug-likeness (QED) is 0.787. The van der Waals surface area contributed by atoms with E-state index in [9.17, 15) is 18.0 Å². The fourth-order valence-corrected chi connectivity index (χ4v) is 3.41. The molecule has 1 aliphatic rings. The van der Waals surface area contributed by atoms with Gasteiger partial charge in [-0.25, -0.2) is 0 Å². The fourth-order valence-electron chi connectivity index (χ4n) is 2.18. The van der Waals surface area contributed by atoms with Crippen molar-refractivity contribution in [3.8, 4) is 0 Å². The van der Waals surface area contributed by atoms with E-state index in [4.69, 9.17) is 4.74 Å². The Hall–Kier alpha value is -1.21. The second kappa shape index (κ2) is 5.65. The van der Waals surface area contributed by atoms with Crippen LogP contribution in [-0.2, 0) is 14.3 Å². The lowest BCUT2D eigenvalue weighted by Gasteiger charge is -2.41. The first-order valence-electron chi connectivity index (χ1n) is 5.89. The average molecular weight is 306 g/mol. The maximum absolute atomic E-state index is 13.6. The number of benzene rings is 1. The van der Waals surface area contributed by atoms with E-state index in [1.54, 1.807) is 18.2 Å². The van der Waals surface area contributed by atoms with Crippen molar-refractivity contribution in [3.05, 3.63) is 35.9 Å². The molecule has 2 rings (SSSR count). The number of hydrogen-bond donors (Lipinski definition) is 0. The zero-order valence-electron chi connectivity index (χ0n) is 10.6. The normalized spacial score (nSPS) is 27.1. The Morgan fingerprint density at radius 3 is 2.60 bits per heavy atom. The maximum atomic E-state index is 13.6. The number of hydrogen-bond acceptors (Lipinski definition) is 4. The summed E-state index contributed by atoms with van der Waals surface area (Å²) in [5.41, 5.74) is 0.308. The monoisotopic (exact) mass is 306 g/mol. The van der Waals surface area contributed by atoms with Crippen LogP contribution in [0.4, 0.5) is 13.2 Å². The Balaban J connectivity index is 2.53. The second-order valence-corrected chi connectivity index (χ2v) is 5.58. The number of carbonyl (C=O) groups excluding carboxylic acids is 1. The molecule has 7 heteroatoms. The fraction of sp³-hybridized carbons (Fsp3) is 0.462. The minimum absolute atomic E-state index is 0.0813. The Labute approximate surface area is 118 Å². The molecule has 0 spiro atoms. The number of ether oxygens (including phenoxy) is 2. The summed E-state index contributed by atoms with van der Waals surface area (Å²) in [6, 6.07) is 7.93. The van der Waals surface area contributed by atoms with E-state index in [0.29, 0.717) is 17.3 Å². The molecule has 1 saturated heterocycles. The number of carbonyl (C=O) groups is 1. The van der Waals surface area contributed by atoms with Gasteiger partial charge in [0.25, 0.3) is 0 Å². The highest BCUT2D eigenvalue weighted by Gasteiger charge is 2.68. The van der Waals surface area contributed by atoms with E-state index >= 15 is 0 Å². The molecule has 0 aliphatic carbocycles. The summed E-state index contributed by atoms with van der Waals surface area (Å²) in [7, 11) is 0.951. The lowest BCUT2D eigenvalue weighted by atomic mass is 9.93. The van der Waals surface area contributed by atoms with Gasteiger partial charge in [0.2, 0.25) is 4.75 Å². The molecule has 1 aromatic carbocycles.